The molecule has 1 saturated carbocycles. The SMILES string of the molecule is CC(=O)c1ccccc1OCCS(=O)(=O)CC1CCCC1. The van der Waals surface area contributed by atoms with Gasteiger partial charge in [-0.05, 0) is 37.8 Å². The minimum absolute atomic E-state index is 0.00966. The van der Waals surface area contributed by atoms with Gasteiger partial charge in [-0.25, -0.2) is 8.42 Å². The summed E-state index contributed by atoms with van der Waals surface area (Å²) in [6.45, 7) is 1.57. The Kier molecular flexibility index (Phi) is 5.39. The van der Waals surface area contributed by atoms with E-state index in [0.717, 1.165) is 25.7 Å². The maximum absolute atomic E-state index is 12.0. The molecule has 1 aromatic carbocycles. The van der Waals surface area contributed by atoms with Gasteiger partial charge in [-0.15, -0.1) is 0 Å². The number of Topliss-reactive ketones (excluding diaryl/α,β-unsaturated/α-hetero) is 1. The lowest BCUT2D eigenvalue weighted by molar-refractivity contribution is 0.101. The largest absolute Gasteiger partial charge is 0.492 e. The first kappa shape index (κ1) is 16.0. The summed E-state index contributed by atoms with van der Waals surface area (Å²) < 4.78 is 29.6. The van der Waals surface area contributed by atoms with Gasteiger partial charge in [0, 0.05) is 0 Å². The Bertz CT molecular complexity index is 586. The lowest BCUT2D eigenvalue weighted by Crippen LogP contribution is -2.21. The van der Waals surface area contributed by atoms with Crippen LogP contribution in [0.5, 0.6) is 5.75 Å². The number of para-hydroxylation sites is 1. The molecule has 1 aliphatic carbocycles. The number of hydrogen-bond donors (Lipinski definition) is 0. The molecule has 0 N–H and O–H groups in total. The zero-order valence-electron chi connectivity index (χ0n) is 12.4. The van der Waals surface area contributed by atoms with E-state index in [-0.39, 0.29) is 23.9 Å². The highest BCUT2D eigenvalue weighted by atomic mass is 32.2. The summed E-state index contributed by atoms with van der Waals surface area (Å²) in [6.07, 6.45) is 4.33. The van der Waals surface area contributed by atoms with Crippen molar-refractivity contribution in [3.05, 3.63) is 29.8 Å². The van der Waals surface area contributed by atoms with E-state index in [1.54, 1.807) is 24.3 Å². The average molecular weight is 310 g/mol. The molecule has 4 nitrogen and oxygen atoms in total. The van der Waals surface area contributed by atoms with E-state index in [9.17, 15) is 13.2 Å². The van der Waals surface area contributed by atoms with Crippen LogP contribution in [0.15, 0.2) is 24.3 Å². The monoisotopic (exact) mass is 310 g/mol. The zero-order chi connectivity index (χ0) is 15.3. The van der Waals surface area contributed by atoms with Crippen LogP contribution in [0.25, 0.3) is 0 Å². The minimum atomic E-state index is -3.08. The molecule has 1 aromatic rings. The second kappa shape index (κ2) is 7.07. The third-order valence-corrected chi connectivity index (χ3v) is 5.65. The molecule has 21 heavy (non-hydrogen) atoms. The molecule has 0 aliphatic heterocycles. The fourth-order valence-corrected chi connectivity index (χ4v) is 4.34. The number of carbonyl (C=O) groups excluding carboxylic acids is 1. The summed E-state index contributed by atoms with van der Waals surface area (Å²) in [4.78, 5) is 11.5. The van der Waals surface area contributed by atoms with E-state index in [0.29, 0.717) is 17.2 Å². The second-order valence-corrected chi connectivity index (χ2v) is 7.89. The highest BCUT2D eigenvalue weighted by molar-refractivity contribution is 7.91. The molecule has 1 fully saturated rings. The Labute approximate surface area is 126 Å². The topological polar surface area (TPSA) is 60.4 Å². The standard InChI is InChI=1S/C16H22O4S/c1-13(17)15-8-4-5-9-16(15)20-10-11-21(18,19)12-14-6-2-3-7-14/h4-5,8-9,14H,2-3,6-7,10-12H2,1H3. The van der Waals surface area contributed by atoms with Crippen molar-refractivity contribution >= 4 is 15.6 Å². The van der Waals surface area contributed by atoms with Gasteiger partial charge in [-0.1, -0.05) is 25.0 Å². The second-order valence-electron chi connectivity index (χ2n) is 5.67. The van der Waals surface area contributed by atoms with Gasteiger partial charge in [0.15, 0.2) is 15.6 Å². The van der Waals surface area contributed by atoms with Gasteiger partial charge in [-0.3, -0.25) is 4.79 Å². The van der Waals surface area contributed by atoms with Crippen molar-refractivity contribution in [3.63, 3.8) is 0 Å². The van der Waals surface area contributed by atoms with Crippen molar-refractivity contribution in [2.24, 2.45) is 5.92 Å². The van der Waals surface area contributed by atoms with Crippen molar-refractivity contribution in [2.75, 3.05) is 18.1 Å². The Morgan fingerprint density at radius 2 is 1.90 bits per heavy atom. The van der Waals surface area contributed by atoms with Crippen molar-refractivity contribution in [3.8, 4) is 5.75 Å². The van der Waals surface area contributed by atoms with Gasteiger partial charge in [-0.2, -0.15) is 0 Å². The zero-order valence-corrected chi connectivity index (χ0v) is 13.2. The lowest BCUT2D eigenvalue weighted by atomic mass is 10.1. The predicted molar refractivity (Wildman–Crippen MR) is 82.6 cm³/mol. The van der Waals surface area contributed by atoms with Crippen molar-refractivity contribution < 1.29 is 17.9 Å². The number of carbonyl (C=O) groups is 1. The van der Waals surface area contributed by atoms with Crippen molar-refractivity contribution in [2.45, 2.75) is 32.6 Å². The fourth-order valence-electron chi connectivity index (χ4n) is 2.78. The van der Waals surface area contributed by atoms with Gasteiger partial charge in [0.05, 0.1) is 17.1 Å². The molecule has 0 bridgehead atoms. The van der Waals surface area contributed by atoms with Gasteiger partial charge >= 0.3 is 0 Å². The molecule has 1 aliphatic rings. The first-order valence-corrected chi connectivity index (χ1v) is 9.23. The molecule has 0 unspecified atom stereocenters. The molecule has 0 saturated heterocycles. The summed E-state index contributed by atoms with van der Waals surface area (Å²) in [7, 11) is -3.08. The van der Waals surface area contributed by atoms with Crippen LogP contribution in [0.4, 0.5) is 0 Å². The first-order chi connectivity index (χ1) is 9.98. The number of sulfone groups is 1. The number of ether oxygens (including phenoxy) is 1. The lowest BCUT2D eigenvalue weighted by Gasteiger charge is -2.12. The summed E-state index contributed by atoms with van der Waals surface area (Å²) in [5.74, 6) is 0.973. The Hall–Kier alpha value is -1.36. The molecule has 0 radical (unpaired) electrons. The minimum Gasteiger partial charge on any atom is -0.492 e. The maximum Gasteiger partial charge on any atom is 0.163 e. The molecule has 0 aromatic heterocycles. The number of rotatable bonds is 7. The smallest absolute Gasteiger partial charge is 0.163 e. The maximum atomic E-state index is 12.0. The molecule has 0 atom stereocenters. The molecular formula is C16H22O4S. The summed E-state index contributed by atoms with van der Waals surface area (Å²) >= 11 is 0. The van der Waals surface area contributed by atoms with Crippen molar-refractivity contribution in [1.29, 1.82) is 0 Å². The van der Waals surface area contributed by atoms with E-state index in [2.05, 4.69) is 0 Å². The van der Waals surface area contributed by atoms with Crippen LogP contribution >= 0.6 is 0 Å². The van der Waals surface area contributed by atoms with Crippen LogP contribution in [0.2, 0.25) is 0 Å². The summed E-state index contributed by atoms with van der Waals surface area (Å²) in [5.41, 5.74) is 0.491. The van der Waals surface area contributed by atoms with Crippen molar-refractivity contribution in [1.82, 2.24) is 0 Å². The Morgan fingerprint density at radius 1 is 1.24 bits per heavy atom. The van der Waals surface area contributed by atoms with Crippen LogP contribution in [0.1, 0.15) is 43.0 Å². The molecular weight excluding hydrogens is 288 g/mol. The predicted octanol–water partition coefficient (Wildman–Crippen LogP) is 2.87. The fraction of sp³-hybridized carbons (Fsp3) is 0.562. The number of ketones is 1. The normalized spacial score (nSPS) is 16.0. The Balaban J connectivity index is 1.87. The van der Waals surface area contributed by atoms with Crippen LogP contribution in [0, 0.1) is 5.92 Å². The van der Waals surface area contributed by atoms with Gasteiger partial charge < -0.3 is 4.74 Å². The summed E-state index contributed by atoms with van der Waals surface area (Å²) in [5, 5.41) is 0. The number of benzene rings is 1. The van der Waals surface area contributed by atoms with Crippen LogP contribution in [-0.4, -0.2) is 32.3 Å². The quantitative estimate of drug-likeness (QED) is 0.727. The Morgan fingerprint density at radius 3 is 2.57 bits per heavy atom. The van der Waals surface area contributed by atoms with E-state index in [1.165, 1.54) is 6.92 Å². The van der Waals surface area contributed by atoms with Gasteiger partial charge in [0.1, 0.15) is 12.4 Å². The van der Waals surface area contributed by atoms with E-state index < -0.39 is 9.84 Å². The van der Waals surface area contributed by atoms with E-state index in [4.69, 9.17) is 4.74 Å². The third-order valence-electron chi connectivity index (χ3n) is 3.88. The highest BCUT2D eigenvalue weighted by Crippen LogP contribution is 2.26. The molecule has 0 amide bonds. The molecule has 0 heterocycles. The van der Waals surface area contributed by atoms with Gasteiger partial charge in [0.25, 0.3) is 0 Å². The first-order valence-electron chi connectivity index (χ1n) is 7.41. The van der Waals surface area contributed by atoms with Crippen LogP contribution < -0.4 is 4.74 Å². The van der Waals surface area contributed by atoms with Gasteiger partial charge in [0.2, 0.25) is 0 Å². The average Bonchev–Trinajstić information content (AvgIpc) is 2.91. The molecule has 5 heteroatoms. The molecule has 2 rings (SSSR count). The number of hydrogen-bond acceptors (Lipinski definition) is 4. The van der Waals surface area contributed by atoms with E-state index in [1.807, 2.05) is 0 Å². The van der Waals surface area contributed by atoms with E-state index >= 15 is 0 Å². The highest BCUT2D eigenvalue weighted by Gasteiger charge is 2.22. The summed E-state index contributed by atoms with van der Waals surface area (Å²) in [6, 6.07) is 6.92. The van der Waals surface area contributed by atoms with Crippen LogP contribution in [-0.2, 0) is 9.84 Å². The molecule has 116 valence electrons. The third kappa shape index (κ3) is 4.84. The molecule has 0 spiro atoms. The van der Waals surface area contributed by atoms with Crippen LogP contribution in [0.3, 0.4) is 0 Å².